The monoisotopic (exact) mass is 299 g/mol. The van der Waals surface area contributed by atoms with Gasteiger partial charge < -0.3 is 4.98 Å². The van der Waals surface area contributed by atoms with E-state index in [1.807, 2.05) is 29.7 Å². The number of fused-ring (bicyclic) bond motifs is 1. The molecule has 0 aliphatic carbocycles. The minimum atomic E-state index is 0.534. The van der Waals surface area contributed by atoms with Gasteiger partial charge in [-0.15, -0.1) is 0 Å². The van der Waals surface area contributed by atoms with Crippen LogP contribution in [0.15, 0.2) is 36.4 Å². The second-order valence-electron chi connectivity index (χ2n) is 4.56. The second kappa shape index (κ2) is 4.78. The first-order chi connectivity index (χ1) is 9.60. The minimum Gasteiger partial charge on any atom is -0.330 e. The highest BCUT2D eigenvalue weighted by Gasteiger charge is 2.11. The molecular weight excluding hydrogens is 290 g/mol. The van der Waals surface area contributed by atoms with Crippen LogP contribution in [0, 0.1) is 23.0 Å². The number of rotatable bonds is 1. The van der Waals surface area contributed by atoms with Crippen molar-refractivity contribution in [1.82, 2.24) is 9.55 Å². The molecule has 0 aliphatic rings. The van der Waals surface area contributed by atoms with Crippen molar-refractivity contribution in [2.75, 3.05) is 0 Å². The Balaban J connectivity index is 2.41. The maximum absolute atomic E-state index is 9.26. The molecule has 2 aromatic carbocycles. The summed E-state index contributed by atoms with van der Waals surface area (Å²) < 4.78 is 2.39. The SMILES string of the molecule is Cc1ccc2c(c1)[nH]c(=S)n2-c1cc(Cl)ccc1C#N. The smallest absolute Gasteiger partial charge is 0.182 e. The number of aryl methyl sites for hydroxylation is 1. The molecule has 20 heavy (non-hydrogen) atoms. The van der Waals surface area contributed by atoms with Crippen molar-refractivity contribution in [1.29, 1.82) is 5.26 Å². The first-order valence-electron chi connectivity index (χ1n) is 6.01. The number of nitriles is 1. The summed E-state index contributed by atoms with van der Waals surface area (Å²) in [5.41, 5.74) is 4.25. The van der Waals surface area contributed by atoms with Crippen molar-refractivity contribution >= 4 is 34.9 Å². The zero-order valence-electron chi connectivity index (χ0n) is 10.6. The molecule has 3 nitrogen and oxygen atoms in total. The van der Waals surface area contributed by atoms with E-state index in [1.165, 1.54) is 0 Å². The number of nitrogens with one attached hydrogen (secondary N) is 1. The van der Waals surface area contributed by atoms with Gasteiger partial charge in [0.1, 0.15) is 6.07 Å². The summed E-state index contributed by atoms with van der Waals surface area (Å²) in [5.74, 6) is 0. The molecule has 1 N–H and O–H groups in total. The van der Waals surface area contributed by atoms with Gasteiger partial charge in [-0.1, -0.05) is 17.7 Å². The van der Waals surface area contributed by atoms with Crippen molar-refractivity contribution in [3.8, 4) is 11.8 Å². The number of hydrogen-bond acceptors (Lipinski definition) is 2. The van der Waals surface area contributed by atoms with E-state index in [2.05, 4.69) is 11.1 Å². The van der Waals surface area contributed by atoms with Gasteiger partial charge in [0.2, 0.25) is 0 Å². The van der Waals surface area contributed by atoms with E-state index in [0.29, 0.717) is 21.0 Å². The van der Waals surface area contributed by atoms with Gasteiger partial charge in [0, 0.05) is 5.02 Å². The van der Waals surface area contributed by atoms with E-state index < -0.39 is 0 Å². The van der Waals surface area contributed by atoms with Crippen LogP contribution in [0.5, 0.6) is 0 Å². The van der Waals surface area contributed by atoms with Crippen LogP contribution in [-0.2, 0) is 0 Å². The van der Waals surface area contributed by atoms with Gasteiger partial charge >= 0.3 is 0 Å². The van der Waals surface area contributed by atoms with Gasteiger partial charge in [-0.2, -0.15) is 5.26 Å². The average Bonchev–Trinajstić information content (AvgIpc) is 2.73. The van der Waals surface area contributed by atoms with Gasteiger partial charge in [-0.3, -0.25) is 4.57 Å². The fraction of sp³-hybridized carbons (Fsp3) is 0.0667. The first kappa shape index (κ1) is 12.9. The quantitative estimate of drug-likeness (QED) is 0.671. The summed E-state index contributed by atoms with van der Waals surface area (Å²) >= 11 is 11.4. The van der Waals surface area contributed by atoms with E-state index in [9.17, 15) is 5.26 Å². The molecule has 3 aromatic rings. The number of aromatic nitrogens is 2. The Morgan fingerprint density at radius 1 is 1.25 bits per heavy atom. The topological polar surface area (TPSA) is 44.5 Å². The molecule has 0 aliphatic heterocycles. The van der Waals surface area contributed by atoms with Crippen molar-refractivity contribution in [2.24, 2.45) is 0 Å². The van der Waals surface area contributed by atoms with Crippen molar-refractivity contribution < 1.29 is 0 Å². The standard InChI is InChI=1S/C15H10ClN3S/c1-9-2-5-13-12(6-9)18-15(20)19(13)14-7-11(16)4-3-10(14)8-17/h2-7H,1H3,(H,18,20). The lowest BCUT2D eigenvalue weighted by Crippen LogP contribution is -1.97. The van der Waals surface area contributed by atoms with E-state index in [1.54, 1.807) is 18.2 Å². The van der Waals surface area contributed by atoms with E-state index in [-0.39, 0.29) is 0 Å². The van der Waals surface area contributed by atoms with Gasteiger partial charge in [-0.05, 0) is 55.0 Å². The second-order valence-corrected chi connectivity index (χ2v) is 5.38. The van der Waals surface area contributed by atoms with Gasteiger partial charge in [0.15, 0.2) is 4.77 Å². The Kier molecular flexibility index (Phi) is 3.09. The van der Waals surface area contributed by atoms with Crippen molar-refractivity contribution in [2.45, 2.75) is 6.92 Å². The third-order valence-electron chi connectivity index (χ3n) is 3.16. The number of benzene rings is 2. The van der Waals surface area contributed by atoms with Crippen LogP contribution in [0.1, 0.15) is 11.1 Å². The summed E-state index contributed by atoms with van der Waals surface area (Å²) in [5, 5.41) is 9.84. The Morgan fingerprint density at radius 2 is 2.05 bits per heavy atom. The molecule has 98 valence electrons. The predicted molar refractivity (Wildman–Crippen MR) is 82.9 cm³/mol. The highest BCUT2D eigenvalue weighted by molar-refractivity contribution is 7.71. The molecule has 1 aromatic heterocycles. The van der Waals surface area contributed by atoms with Crippen LogP contribution in [-0.4, -0.2) is 9.55 Å². The van der Waals surface area contributed by atoms with Crippen LogP contribution < -0.4 is 0 Å². The molecule has 0 unspecified atom stereocenters. The molecule has 0 radical (unpaired) electrons. The van der Waals surface area contributed by atoms with Gasteiger partial charge in [0.25, 0.3) is 0 Å². The maximum Gasteiger partial charge on any atom is 0.182 e. The average molecular weight is 300 g/mol. The Hall–Kier alpha value is -2.09. The van der Waals surface area contributed by atoms with Crippen LogP contribution >= 0.6 is 23.8 Å². The van der Waals surface area contributed by atoms with E-state index in [4.69, 9.17) is 23.8 Å². The maximum atomic E-state index is 9.26. The fourth-order valence-corrected chi connectivity index (χ4v) is 2.72. The number of imidazole rings is 1. The molecular formula is C15H10ClN3S. The van der Waals surface area contributed by atoms with E-state index >= 15 is 0 Å². The lowest BCUT2D eigenvalue weighted by Gasteiger charge is -2.07. The predicted octanol–water partition coefficient (Wildman–Crippen LogP) is 4.52. The van der Waals surface area contributed by atoms with Crippen LogP contribution in [0.25, 0.3) is 16.7 Å². The summed E-state index contributed by atoms with van der Waals surface area (Å²) in [6, 6.07) is 13.4. The number of nitrogens with zero attached hydrogens (tertiary/aromatic N) is 2. The lowest BCUT2D eigenvalue weighted by atomic mass is 10.2. The zero-order chi connectivity index (χ0) is 14.3. The molecule has 0 saturated heterocycles. The van der Waals surface area contributed by atoms with E-state index in [0.717, 1.165) is 16.6 Å². The molecule has 0 spiro atoms. The summed E-state index contributed by atoms with van der Waals surface area (Å²) in [4.78, 5) is 3.16. The van der Waals surface area contributed by atoms with Crippen molar-refractivity contribution in [3.05, 3.63) is 57.3 Å². The molecule has 0 bridgehead atoms. The molecule has 0 amide bonds. The molecule has 0 saturated carbocycles. The normalized spacial score (nSPS) is 10.7. The summed E-state index contributed by atoms with van der Waals surface area (Å²) in [6.45, 7) is 2.02. The van der Waals surface area contributed by atoms with Gasteiger partial charge in [0.05, 0.1) is 22.3 Å². The Labute approximate surface area is 126 Å². The molecule has 3 rings (SSSR count). The summed E-state index contributed by atoms with van der Waals surface area (Å²) in [7, 11) is 0. The molecule has 0 atom stereocenters. The van der Waals surface area contributed by atoms with Crippen LogP contribution in [0.3, 0.4) is 0 Å². The third kappa shape index (κ3) is 2.01. The van der Waals surface area contributed by atoms with Crippen molar-refractivity contribution in [3.63, 3.8) is 0 Å². The number of halogens is 1. The number of hydrogen-bond donors (Lipinski definition) is 1. The minimum absolute atomic E-state index is 0.534. The van der Waals surface area contributed by atoms with Crippen LogP contribution in [0.4, 0.5) is 0 Å². The first-order valence-corrected chi connectivity index (χ1v) is 6.80. The highest BCUT2D eigenvalue weighted by Crippen LogP contribution is 2.25. The zero-order valence-corrected chi connectivity index (χ0v) is 12.2. The Bertz CT molecular complexity index is 915. The summed E-state index contributed by atoms with van der Waals surface area (Å²) in [6.07, 6.45) is 0. The number of H-pyrrole nitrogens is 1. The third-order valence-corrected chi connectivity index (χ3v) is 3.68. The largest absolute Gasteiger partial charge is 0.330 e. The molecule has 1 heterocycles. The number of aromatic amines is 1. The lowest BCUT2D eigenvalue weighted by molar-refractivity contribution is 1.06. The molecule has 0 fully saturated rings. The molecule has 5 heteroatoms. The van der Waals surface area contributed by atoms with Crippen LogP contribution in [0.2, 0.25) is 5.02 Å². The fourth-order valence-electron chi connectivity index (χ4n) is 2.25. The highest BCUT2D eigenvalue weighted by atomic mass is 35.5. The van der Waals surface area contributed by atoms with Gasteiger partial charge in [-0.25, -0.2) is 0 Å². The Morgan fingerprint density at radius 3 is 2.80 bits per heavy atom.